The second kappa shape index (κ2) is 4.05. The Labute approximate surface area is 77.5 Å². The van der Waals surface area contributed by atoms with Crippen molar-refractivity contribution in [2.75, 3.05) is 7.11 Å². The lowest BCUT2D eigenvalue weighted by molar-refractivity contribution is -0.408. The molecule has 1 rings (SSSR count). The number of methoxy groups -OCH3 is 1. The number of benzene rings is 1. The molecule has 0 bridgehead atoms. The summed E-state index contributed by atoms with van der Waals surface area (Å²) in [5.74, 6) is 0.865. The van der Waals surface area contributed by atoms with Crippen LogP contribution in [0.1, 0.15) is 18.5 Å². The molecular formula is C10H14NO2+. The van der Waals surface area contributed by atoms with Crippen molar-refractivity contribution < 1.29 is 15.3 Å². The van der Waals surface area contributed by atoms with Crippen LogP contribution in [-0.4, -0.2) is 12.9 Å². The summed E-state index contributed by atoms with van der Waals surface area (Å²) in [6.45, 7) is 1.54. The van der Waals surface area contributed by atoms with Crippen LogP contribution in [0.3, 0.4) is 0 Å². The SMILES string of the molecule is COc1ccc(C([NH3+])C(C)=O)cc1. The average Bonchev–Trinajstić information content (AvgIpc) is 2.17. The summed E-state index contributed by atoms with van der Waals surface area (Å²) in [6, 6.07) is 7.11. The van der Waals surface area contributed by atoms with Crippen molar-refractivity contribution in [3.63, 3.8) is 0 Å². The van der Waals surface area contributed by atoms with E-state index in [4.69, 9.17) is 4.74 Å². The van der Waals surface area contributed by atoms with Crippen molar-refractivity contribution in [3.05, 3.63) is 29.8 Å². The molecule has 70 valence electrons. The van der Waals surface area contributed by atoms with E-state index in [0.717, 1.165) is 11.3 Å². The molecule has 0 radical (unpaired) electrons. The Kier molecular flexibility index (Phi) is 3.03. The van der Waals surface area contributed by atoms with E-state index in [1.807, 2.05) is 24.3 Å². The standard InChI is InChI=1S/C10H13NO2/c1-7(12)10(11)8-3-5-9(13-2)6-4-8/h3-6,10H,11H2,1-2H3/p+1. The molecule has 1 atom stereocenters. The number of ketones is 1. The van der Waals surface area contributed by atoms with Crippen LogP contribution in [0.4, 0.5) is 0 Å². The Balaban J connectivity index is 2.85. The maximum absolute atomic E-state index is 11.0. The summed E-state index contributed by atoms with van der Waals surface area (Å²) in [6.07, 6.45) is 0. The van der Waals surface area contributed by atoms with E-state index >= 15 is 0 Å². The molecule has 0 spiro atoms. The minimum Gasteiger partial charge on any atom is -0.497 e. The maximum atomic E-state index is 11.0. The van der Waals surface area contributed by atoms with Gasteiger partial charge in [0.1, 0.15) is 5.75 Å². The zero-order valence-corrected chi connectivity index (χ0v) is 7.91. The lowest BCUT2D eigenvalue weighted by Gasteiger charge is -2.05. The molecule has 0 saturated heterocycles. The molecule has 3 heteroatoms. The molecule has 1 aromatic rings. The van der Waals surface area contributed by atoms with E-state index < -0.39 is 0 Å². The van der Waals surface area contributed by atoms with Crippen LogP contribution in [0.2, 0.25) is 0 Å². The Morgan fingerprint density at radius 3 is 2.31 bits per heavy atom. The van der Waals surface area contributed by atoms with Crippen LogP contribution < -0.4 is 10.5 Å². The van der Waals surface area contributed by atoms with Crippen molar-refractivity contribution in [2.45, 2.75) is 13.0 Å². The molecule has 0 amide bonds. The van der Waals surface area contributed by atoms with Gasteiger partial charge in [-0.1, -0.05) is 0 Å². The van der Waals surface area contributed by atoms with Crippen molar-refractivity contribution in [1.82, 2.24) is 0 Å². The third-order valence-corrected chi connectivity index (χ3v) is 2.01. The zero-order valence-electron chi connectivity index (χ0n) is 7.91. The van der Waals surface area contributed by atoms with E-state index in [2.05, 4.69) is 5.73 Å². The van der Waals surface area contributed by atoms with E-state index in [-0.39, 0.29) is 11.8 Å². The van der Waals surface area contributed by atoms with E-state index in [1.54, 1.807) is 14.0 Å². The number of hydrogen-bond acceptors (Lipinski definition) is 2. The molecule has 1 aromatic carbocycles. The number of ether oxygens (including phenoxy) is 1. The first-order valence-electron chi connectivity index (χ1n) is 4.12. The number of Topliss-reactive ketones (excluding diaryl/α,β-unsaturated/α-hetero) is 1. The van der Waals surface area contributed by atoms with Crippen LogP contribution in [0.5, 0.6) is 5.75 Å². The van der Waals surface area contributed by atoms with Crippen LogP contribution in [0.25, 0.3) is 0 Å². The van der Waals surface area contributed by atoms with Gasteiger partial charge >= 0.3 is 0 Å². The molecule has 0 aromatic heterocycles. The normalized spacial score (nSPS) is 12.2. The fourth-order valence-electron chi connectivity index (χ4n) is 1.07. The zero-order chi connectivity index (χ0) is 9.84. The number of hydrogen-bond donors (Lipinski definition) is 1. The van der Waals surface area contributed by atoms with Gasteiger partial charge in [0, 0.05) is 12.5 Å². The Morgan fingerprint density at radius 2 is 1.92 bits per heavy atom. The lowest BCUT2D eigenvalue weighted by Crippen LogP contribution is -2.56. The highest BCUT2D eigenvalue weighted by atomic mass is 16.5. The number of carbonyl (C=O) groups is 1. The maximum Gasteiger partial charge on any atom is 0.191 e. The van der Waals surface area contributed by atoms with Gasteiger partial charge in [-0.3, -0.25) is 4.79 Å². The largest absolute Gasteiger partial charge is 0.497 e. The fourth-order valence-corrected chi connectivity index (χ4v) is 1.07. The molecular weight excluding hydrogens is 166 g/mol. The quantitative estimate of drug-likeness (QED) is 0.739. The summed E-state index contributed by atoms with van der Waals surface area (Å²) >= 11 is 0. The third-order valence-electron chi connectivity index (χ3n) is 2.01. The first-order chi connectivity index (χ1) is 6.15. The van der Waals surface area contributed by atoms with Gasteiger partial charge in [0.05, 0.1) is 7.11 Å². The van der Waals surface area contributed by atoms with E-state index in [0.29, 0.717) is 0 Å². The molecule has 0 aliphatic carbocycles. The lowest BCUT2D eigenvalue weighted by atomic mass is 10.0. The van der Waals surface area contributed by atoms with Crippen molar-refractivity contribution in [2.24, 2.45) is 0 Å². The topological polar surface area (TPSA) is 53.9 Å². The molecule has 0 fully saturated rings. The van der Waals surface area contributed by atoms with Crippen molar-refractivity contribution in [3.8, 4) is 5.75 Å². The molecule has 3 nitrogen and oxygen atoms in total. The van der Waals surface area contributed by atoms with Crippen molar-refractivity contribution >= 4 is 5.78 Å². The van der Waals surface area contributed by atoms with Crippen LogP contribution in [-0.2, 0) is 4.79 Å². The molecule has 0 aliphatic rings. The Bertz CT molecular complexity index is 292. The first kappa shape index (κ1) is 9.74. The summed E-state index contributed by atoms with van der Waals surface area (Å²) in [7, 11) is 1.61. The molecule has 3 N–H and O–H groups in total. The van der Waals surface area contributed by atoms with E-state index in [1.165, 1.54) is 0 Å². The second-order valence-electron chi connectivity index (χ2n) is 2.94. The van der Waals surface area contributed by atoms with Crippen LogP contribution in [0.15, 0.2) is 24.3 Å². The molecule has 13 heavy (non-hydrogen) atoms. The molecule has 0 heterocycles. The van der Waals surface area contributed by atoms with Gasteiger partial charge in [-0.2, -0.15) is 0 Å². The van der Waals surface area contributed by atoms with Gasteiger partial charge in [-0.15, -0.1) is 0 Å². The minimum absolute atomic E-state index is 0.0742. The molecule has 0 saturated carbocycles. The average molecular weight is 180 g/mol. The Morgan fingerprint density at radius 1 is 1.38 bits per heavy atom. The fraction of sp³-hybridized carbons (Fsp3) is 0.300. The van der Waals surface area contributed by atoms with Crippen LogP contribution in [0, 0.1) is 0 Å². The Hall–Kier alpha value is -1.35. The third kappa shape index (κ3) is 2.29. The summed E-state index contributed by atoms with van der Waals surface area (Å²) in [4.78, 5) is 11.0. The summed E-state index contributed by atoms with van der Waals surface area (Å²) < 4.78 is 5.00. The van der Waals surface area contributed by atoms with Crippen molar-refractivity contribution in [1.29, 1.82) is 0 Å². The predicted octanol–water partition coefficient (Wildman–Crippen LogP) is 0.567. The van der Waals surface area contributed by atoms with Gasteiger partial charge in [-0.05, 0) is 24.3 Å². The highest BCUT2D eigenvalue weighted by molar-refractivity contribution is 5.81. The summed E-state index contributed by atoms with van der Waals surface area (Å²) in [5.41, 5.74) is 4.70. The van der Waals surface area contributed by atoms with Gasteiger partial charge in [0.2, 0.25) is 0 Å². The number of carbonyl (C=O) groups excluding carboxylic acids is 1. The number of rotatable bonds is 3. The summed E-state index contributed by atoms with van der Waals surface area (Å²) in [5, 5.41) is 0. The highest BCUT2D eigenvalue weighted by Crippen LogP contribution is 2.15. The van der Waals surface area contributed by atoms with Gasteiger partial charge in [0.15, 0.2) is 11.8 Å². The second-order valence-corrected chi connectivity index (χ2v) is 2.94. The van der Waals surface area contributed by atoms with Gasteiger partial charge in [-0.25, -0.2) is 0 Å². The van der Waals surface area contributed by atoms with Crippen LogP contribution >= 0.6 is 0 Å². The monoisotopic (exact) mass is 180 g/mol. The van der Waals surface area contributed by atoms with Gasteiger partial charge < -0.3 is 10.5 Å². The molecule has 0 aliphatic heterocycles. The highest BCUT2D eigenvalue weighted by Gasteiger charge is 2.14. The smallest absolute Gasteiger partial charge is 0.191 e. The van der Waals surface area contributed by atoms with Gasteiger partial charge in [0.25, 0.3) is 0 Å². The predicted molar refractivity (Wildman–Crippen MR) is 49.3 cm³/mol. The van der Waals surface area contributed by atoms with E-state index in [9.17, 15) is 4.79 Å². The minimum atomic E-state index is -0.272. The molecule has 1 unspecified atom stereocenters. The first-order valence-corrected chi connectivity index (χ1v) is 4.12. The number of quaternary nitrogens is 1.